The summed E-state index contributed by atoms with van der Waals surface area (Å²) in [7, 11) is 1.52. The second-order valence-corrected chi connectivity index (χ2v) is 3.11. The van der Waals surface area contributed by atoms with E-state index in [2.05, 4.69) is 5.16 Å². The molecule has 12 heavy (non-hydrogen) atoms. The first kappa shape index (κ1) is 10.9. The van der Waals surface area contributed by atoms with Gasteiger partial charge in [0.05, 0.1) is 17.4 Å². The Hall–Kier alpha value is -1.08. The van der Waals surface area contributed by atoms with E-state index in [0.717, 1.165) is 0 Å². The largest absolute Gasteiger partial charge is 0.411 e. The van der Waals surface area contributed by atoms with Crippen molar-refractivity contribution in [2.45, 2.75) is 26.4 Å². The Kier molecular flexibility index (Phi) is 3.71. The Balaban J connectivity index is 4.71. The molecule has 0 bridgehead atoms. The highest BCUT2D eigenvalue weighted by Crippen LogP contribution is 2.21. The van der Waals surface area contributed by atoms with Gasteiger partial charge in [-0.25, -0.2) is 0 Å². The molecule has 0 rings (SSSR count). The molecule has 0 aliphatic rings. The summed E-state index contributed by atoms with van der Waals surface area (Å²) < 4.78 is 5.10. The molecule has 4 heteroatoms. The Bertz CT molecular complexity index is 216. The van der Waals surface area contributed by atoms with Crippen molar-refractivity contribution in [3.63, 3.8) is 0 Å². The topological polar surface area (TPSA) is 65.6 Å². The zero-order valence-electron chi connectivity index (χ0n) is 7.83. The summed E-state index contributed by atoms with van der Waals surface area (Å²) in [5, 5.41) is 20.2. The molecule has 0 aromatic carbocycles. The Labute approximate surface area is 72.4 Å². The molecule has 68 valence electrons. The van der Waals surface area contributed by atoms with Gasteiger partial charge in [-0.1, -0.05) is 5.16 Å². The highest BCUT2D eigenvalue weighted by Gasteiger charge is 2.31. The molecule has 0 aromatic rings. The third kappa shape index (κ3) is 2.21. The zero-order chi connectivity index (χ0) is 9.78. The summed E-state index contributed by atoms with van der Waals surface area (Å²) in [4.78, 5) is 0. The summed E-state index contributed by atoms with van der Waals surface area (Å²) in [5.41, 5.74) is -0.255. The summed E-state index contributed by atoms with van der Waals surface area (Å²) in [6, 6.07) is 2.03. The molecule has 0 heterocycles. The zero-order valence-corrected chi connectivity index (χ0v) is 7.83. The Morgan fingerprint density at radius 3 is 2.42 bits per heavy atom. The molecule has 0 amide bonds. The molecule has 0 spiro atoms. The maximum Gasteiger partial charge on any atom is 0.116 e. The number of rotatable bonds is 3. The fourth-order valence-electron chi connectivity index (χ4n) is 0.928. The molecule has 0 aliphatic carbocycles. The molecule has 0 fully saturated rings. The molecule has 0 saturated heterocycles. The SMILES string of the molecule is COC(C)(C)C(C#N)/C(C)=N/O. The van der Waals surface area contributed by atoms with Crippen molar-refractivity contribution in [2.24, 2.45) is 11.1 Å². The monoisotopic (exact) mass is 170 g/mol. The first-order valence-corrected chi connectivity index (χ1v) is 3.63. The second kappa shape index (κ2) is 4.07. The van der Waals surface area contributed by atoms with Crippen LogP contribution in [0.3, 0.4) is 0 Å². The average Bonchev–Trinajstić information content (AvgIpc) is 2.05. The minimum atomic E-state index is -0.620. The van der Waals surface area contributed by atoms with Gasteiger partial charge in [0, 0.05) is 7.11 Å². The average molecular weight is 170 g/mol. The van der Waals surface area contributed by atoms with Crippen molar-refractivity contribution in [1.29, 1.82) is 5.26 Å². The lowest BCUT2D eigenvalue weighted by atomic mass is 9.88. The van der Waals surface area contributed by atoms with E-state index in [1.165, 1.54) is 7.11 Å². The lowest BCUT2D eigenvalue weighted by Crippen LogP contribution is -2.36. The third-order valence-corrected chi connectivity index (χ3v) is 1.93. The number of ether oxygens (including phenoxy) is 1. The minimum absolute atomic E-state index is 0.365. The summed E-state index contributed by atoms with van der Waals surface area (Å²) in [5.74, 6) is -0.521. The normalized spacial score (nSPS) is 15.4. The number of nitrogens with zero attached hydrogens (tertiary/aromatic N) is 2. The van der Waals surface area contributed by atoms with E-state index in [1.807, 2.05) is 6.07 Å². The smallest absolute Gasteiger partial charge is 0.116 e. The quantitative estimate of drug-likeness (QED) is 0.395. The minimum Gasteiger partial charge on any atom is -0.411 e. The van der Waals surface area contributed by atoms with Gasteiger partial charge >= 0.3 is 0 Å². The van der Waals surface area contributed by atoms with Crippen LogP contribution in [-0.2, 0) is 4.74 Å². The van der Waals surface area contributed by atoms with Gasteiger partial charge in [0.1, 0.15) is 5.92 Å². The van der Waals surface area contributed by atoms with E-state index in [1.54, 1.807) is 20.8 Å². The van der Waals surface area contributed by atoms with Crippen molar-refractivity contribution >= 4 is 5.71 Å². The second-order valence-electron chi connectivity index (χ2n) is 3.11. The van der Waals surface area contributed by atoms with Crippen LogP contribution in [-0.4, -0.2) is 23.6 Å². The molecule has 0 radical (unpaired) electrons. The fourth-order valence-corrected chi connectivity index (χ4v) is 0.928. The van der Waals surface area contributed by atoms with Crippen molar-refractivity contribution < 1.29 is 9.94 Å². The number of hydrogen-bond acceptors (Lipinski definition) is 4. The standard InChI is InChI=1S/C8H14N2O2/c1-6(10-11)7(5-9)8(2,3)12-4/h7,11H,1-4H3/b10-6+. The maximum absolute atomic E-state index is 8.77. The van der Waals surface area contributed by atoms with E-state index >= 15 is 0 Å². The number of hydrogen-bond donors (Lipinski definition) is 1. The number of nitriles is 1. The van der Waals surface area contributed by atoms with E-state index < -0.39 is 11.5 Å². The molecule has 1 N–H and O–H groups in total. The van der Waals surface area contributed by atoms with Gasteiger partial charge in [-0.15, -0.1) is 0 Å². The summed E-state index contributed by atoms with van der Waals surface area (Å²) in [6.07, 6.45) is 0. The van der Waals surface area contributed by atoms with Gasteiger partial charge in [-0.2, -0.15) is 5.26 Å². The van der Waals surface area contributed by atoms with Crippen LogP contribution in [0.5, 0.6) is 0 Å². The predicted molar refractivity (Wildman–Crippen MR) is 45.1 cm³/mol. The van der Waals surface area contributed by atoms with Crippen LogP contribution >= 0.6 is 0 Å². The van der Waals surface area contributed by atoms with Crippen LogP contribution in [0.2, 0.25) is 0 Å². The Morgan fingerprint density at radius 1 is 1.67 bits per heavy atom. The first-order valence-electron chi connectivity index (χ1n) is 3.63. The number of methoxy groups -OCH3 is 1. The summed E-state index contributed by atoms with van der Waals surface area (Å²) in [6.45, 7) is 5.14. The van der Waals surface area contributed by atoms with Crippen molar-refractivity contribution in [3.05, 3.63) is 0 Å². The number of oxime groups is 1. The highest BCUT2D eigenvalue weighted by molar-refractivity contribution is 5.87. The van der Waals surface area contributed by atoms with E-state index in [0.29, 0.717) is 5.71 Å². The highest BCUT2D eigenvalue weighted by atomic mass is 16.5. The maximum atomic E-state index is 8.77. The van der Waals surface area contributed by atoms with Crippen LogP contribution in [0, 0.1) is 17.2 Å². The van der Waals surface area contributed by atoms with E-state index in [-0.39, 0.29) is 0 Å². The molecule has 1 unspecified atom stereocenters. The van der Waals surface area contributed by atoms with Crippen molar-refractivity contribution in [2.75, 3.05) is 7.11 Å². The van der Waals surface area contributed by atoms with Gasteiger partial charge in [0.25, 0.3) is 0 Å². The van der Waals surface area contributed by atoms with Crippen molar-refractivity contribution in [3.8, 4) is 6.07 Å². The summed E-state index contributed by atoms with van der Waals surface area (Å²) >= 11 is 0. The van der Waals surface area contributed by atoms with Crippen LogP contribution in [0.15, 0.2) is 5.16 Å². The van der Waals surface area contributed by atoms with E-state index in [4.69, 9.17) is 15.2 Å². The molecular formula is C8H14N2O2. The van der Waals surface area contributed by atoms with Crippen LogP contribution in [0.1, 0.15) is 20.8 Å². The molecule has 0 saturated carbocycles. The first-order chi connectivity index (χ1) is 5.49. The van der Waals surface area contributed by atoms with Gasteiger partial charge in [-0.3, -0.25) is 0 Å². The van der Waals surface area contributed by atoms with Crippen molar-refractivity contribution in [1.82, 2.24) is 0 Å². The fraction of sp³-hybridized carbons (Fsp3) is 0.750. The lowest BCUT2D eigenvalue weighted by Gasteiger charge is -2.27. The molecule has 0 aliphatic heterocycles. The van der Waals surface area contributed by atoms with Crippen LogP contribution < -0.4 is 0 Å². The molecular weight excluding hydrogens is 156 g/mol. The molecule has 4 nitrogen and oxygen atoms in total. The lowest BCUT2D eigenvalue weighted by molar-refractivity contribution is 0.00809. The third-order valence-electron chi connectivity index (χ3n) is 1.93. The van der Waals surface area contributed by atoms with Crippen LogP contribution in [0.25, 0.3) is 0 Å². The Morgan fingerprint density at radius 2 is 2.17 bits per heavy atom. The molecule has 1 atom stereocenters. The predicted octanol–water partition coefficient (Wildman–Crippen LogP) is 1.40. The van der Waals surface area contributed by atoms with Gasteiger partial charge < -0.3 is 9.94 Å². The molecule has 0 aromatic heterocycles. The van der Waals surface area contributed by atoms with Gasteiger partial charge in [-0.05, 0) is 20.8 Å². The van der Waals surface area contributed by atoms with Gasteiger partial charge in [0.15, 0.2) is 0 Å². The van der Waals surface area contributed by atoms with Gasteiger partial charge in [0.2, 0.25) is 0 Å². The van der Waals surface area contributed by atoms with Crippen LogP contribution in [0.4, 0.5) is 0 Å². The van der Waals surface area contributed by atoms with E-state index in [9.17, 15) is 0 Å².